The molecule has 12 heteroatoms. The molecule has 0 aliphatic carbocycles. The Balaban J connectivity index is 2.00. The van der Waals surface area contributed by atoms with Crippen molar-refractivity contribution in [3.05, 3.63) is 51.8 Å². The molecule has 1 aromatic carbocycles. The van der Waals surface area contributed by atoms with Gasteiger partial charge >= 0.3 is 6.18 Å². The summed E-state index contributed by atoms with van der Waals surface area (Å²) < 4.78 is 65.5. The summed E-state index contributed by atoms with van der Waals surface area (Å²) in [6.45, 7) is 1.40. The number of halogens is 3. The van der Waals surface area contributed by atoms with Crippen LogP contribution in [-0.4, -0.2) is 29.7 Å². The molecule has 1 heterocycles. The van der Waals surface area contributed by atoms with Gasteiger partial charge in [0.2, 0.25) is 10.0 Å². The van der Waals surface area contributed by atoms with Gasteiger partial charge in [0.05, 0.1) is 4.92 Å². The smallest absolute Gasteiger partial charge is 0.269 e. The maximum absolute atomic E-state index is 12.6. The van der Waals surface area contributed by atoms with Crippen molar-refractivity contribution in [3.63, 3.8) is 0 Å². The number of rotatable bonds is 7. The number of alkyl halides is 3. The van der Waals surface area contributed by atoms with Gasteiger partial charge in [0.15, 0.2) is 10.6 Å². The molecule has 2 aromatic rings. The topological polar surface area (TPSA) is 107 Å². The van der Waals surface area contributed by atoms with E-state index in [9.17, 15) is 31.7 Å². The summed E-state index contributed by atoms with van der Waals surface area (Å²) in [4.78, 5) is 9.64. The molecule has 0 saturated carbocycles. The van der Waals surface area contributed by atoms with Gasteiger partial charge in [-0.3, -0.25) is 14.8 Å². The molecular formula is C14H15F3N4O4S. The van der Waals surface area contributed by atoms with Crippen LogP contribution in [0.4, 0.5) is 18.9 Å². The minimum Gasteiger partial charge on any atom is -0.269 e. The number of nitro benzene ring substituents is 1. The largest absolute Gasteiger partial charge is 0.435 e. The number of sulfonamides is 1. The first kappa shape index (κ1) is 19.8. The highest BCUT2D eigenvalue weighted by Gasteiger charge is 2.34. The molecule has 0 bridgehead atoms. The number of aryl methyl sites for hydroxylation is 2. The van der Waals surface area contributed by atoms with Crippen molar-refractivity contribution < 1.29 is 26.5 Å². The summed E-state index contributed by atoms with van der Waals surface area (Å²) in [5.41, 5.74) is -1.29. The van der Waals surface area contributed by atoms with E-state index in [-0.39, 0.29) is 19.5 Å². The van der Waals surface area contributed by atoms with Crippen molar-refractivity contribution in [1.82, 2.24) is 14.5 Å². The highest BCUT2D eigenvalue weighted by molar-refractivity contribution is 7.89. The van der Waals surface area contributed by atoms with E-state index in [4.69, 9.17) is 0 Å². The number of aromatic nitrogens is 2. The molecule has 0 aliphatic heterocycles. The summed E-state index contributed by atoms with van der Waals surface area (Å²) in [5, 5.41) is 14.3. The number of hydrogen-bond acceptors (Lipinski definition) is 5. The Morgan fingerprint density at radius 2 is 1.96 bits per heavy atom. The van der Waals surface area contributed by atoms with E-state index in [1.54, 1.807) is 0 Å². The second-order valence-corrected chi connectivity index (χ2v) is 7.10. The van der Waals surface area contributed by atoms with Crippen LogP contribution < -0.4 is 4.72 Å². The van der Waals surface area contributed by atoms with Crippen LogP contribution in [0.5, 0.6) is 0 Å². The highest BCUT2D eigenvalue weighted by Crippen LogP contribution is 2.28. The Morgan fingerprint density at radius 1 is 1.31 bits per heavy atom. The molecule has 1 aromatic heterocycles. The van der Waals surface area contributed by atoms with Gasteiger partial charge in [-0.25, -0.2) is 13.1 Å². The number of benzene rings is 1. The van der Waals surface area contributed by atoms with E-state index in [1.165, 1.54) is 19.1 Å². The molecule has 0 atom stereocenters. The second-order valence-electron chi connectivity index (χ2n) is 5.37. The van der Waals surface area contributed by atoms with Gasteiger partial charge in [0.1, 0.15) is 0 Å². The lowest BCUT2D eigenvalue weighted by Crippen LogP contribution is -2.26. The van der Waals surface area contributed by atoms with Crippen molar-refractivity contribution in [2.24, 2.45) is 0 Å². The Bertz CT molecular complexity index is 909. The zero-order valence-electron chi connectivity index (χ0n) is 13.5. The number of nitrogens with one attached hydrogen (secondary N) is 1. The monoisotopic (exact) mass is 392 g/mol. The SMILES string of the molecule is Cc1cc(C(F)(F)F)nn1CCCNS(=O)(=O)c1ccccc1[N+](=O)[O-]. The second kappa shape index (κ2) is 7.41. The van der Waals surface area contributed by atoms with Gasteiger partial charge in [0, 0.05) is 24.8 Å². The predicted molar refractivity (Wildman–Crippen MR) is 84.9 cm³/mol. The molecule has 142 valence electrons. The Labute approximate surface area is 146 Å². The molecule has 0 saturated heterocycles. The first-order valence-electron chi connectivity index (χ1n) is 7.37. The van der Waals surface area contributed by atoms with Crippen LogP contribution in [0.15, 0.2) is 35.2 Å². The Morgan fingerprint density at radius 3 is 2.54 bits per heavy atom. The van der Waals surface area contributed by atoms with Crippen LogP contribution in [0.3, 0.4) is 0 Å². The first-order valence-corrected chi connectivity index (χ1v) is 8.85. The lowest BCUT2D eigenvalue weighted by molar-refractivity contribution is -0.387. The van der Waals surface area contributed by atoms with E-state index in [1.807, 2.05) is 0 Å². The molecule has 26 heavy (non-hydrogen) atoms. The van der Waals surface area contributed by atoms with Crippen LogP contribution in [-0.2, 0) is 22.7 Å². The molecule has 0 radical (unpaired) electrons. The third kappa shape index (κ3) is 4.58. The third-order valence-corrected chi connectivity index (χ3v) is 4.97. The minimum absolute atomic E-state index is 0.0569. The van der Waals surface area contributed by atoms with Gasteiger partial charge in [-0.1, -0.05) is 12.1 Å². The van der Waals surface area contributed by atoms with Gasteiger partial charge in [-0.05, 0) is 25.5 Å². The number of nitro groups is 1. The van der Waals surface area contributed by atoms with E-state index >= 15 is 0 Å². The highest BCUT2D eigenvalue weighted by atomic mass is 32.2. The summed E-state index contributed by atoms with van der Waals surface area (Å²) in [5.74, 6) is 0. The zero-order valence-corrected chi connectivity index (χ0v) is 14.3. The number of nitrogens with zero attached hydrogens (tertiary/aromatic N) is 3. The molecule has 2 rings (SSSR count). The summed E-state index contributed by atoms with van der Waals surface area (Å²) in [6.07, 6.45) is -4.40. The Hall–Kier alpha value is -2.47. The van der Waals surface area contributed by atoms with E-state index < -0.39 is 37.4 Å². The molecule has 0 fully saturated rings. The third-order valence-electron chi connectivity index (χ3n) is 3.46. The number of hydrogen-bond donors (Lipinski definition) is 1. The molecule has 8 nitrogen and oxygen atoms in total. The molecule has 0 aliphatic rings. The van der Waals surface area contributed by atoms with Crippen LogP contribution in [0.1, 0.15) is 17.8 Å². The molecule has 1 N–H and O–H groups in total. The summed E-state index contributed by atoms with van der Waals surface area (Å²) in [7, 11) is -4.12. The molecule has 0 spiro atoms. The fourth-order valence-corrected chi connectivity index (χ4v) is 3.47. The Kier molecular flexibility index (Phi) is 5.66. The lowest BCUT2D eigenvalue weighted by Gasteiger charge is -2.08. The quantitative estimate of drug-likeness (QED) is 0.443. The molecule has 0 unspecified atom stereocenters. The van der Waals surface area contributed by atoms with E-state index in [2.05, 4.69) is 9.82 Å². The summed E-state index contributed by atoms with van der Waals surface area (Å²) in [6, 6.07) is 5.77. The van der Waals surface area contributed by atoms with Crippen molar-refractivity contribution >= 4 is 15.7 Å². The standard InChI is InChI=1S/C14H15F3N4O4S/c1-10-9-13(14(15,16)17)19-20(10)8-4-7-18-26(24,25)12-6-3-2-5-11(12)21(22)23/h2-3,5-6,9,18H,4,7-8H2,1H3. The minimum atomic E-state index is -4.55. The fourth-order valence-electron chi connectivity index (χ4n) is 2.22. The fraction of sp³-hybridized carbons (Fsp3) is 0.357. The number of para-hydroxylation sites is 1. The van der Waals surface area contributed by atoms with Gasteiger partial charge in [0.25, 0.3) is 5.69 Å². The van der Waals surface area contributed by atoms with E-state index in [0.717, 1.165) is 22.9 Å². The first-order chi connectivity index (χ1) is 12.0. The zero-order chi connectivity index (χ0) is 19.5. The van der Waals surface area contributed by atoms with Gasteiger partial charge < -0.3 is 0 Å². The summed E-state index contributed by atoms with van der Waals surface area (Å²) >= 11 is 0. The predicted octanol–water partition coefficient (Wildman–Crippen LogP) is 2.49. The van der Waals surface area contributed by atoms with E-state index in [0.29, 0.717) is 5.69 Å². The molecular weight excluding hydrogens is 377 g/mol. The lowest BCUT2D eigenvalue weighted by atomic mass is 10.3. The van der Waals surface area contributed by atoms with Crippen molar-refractivity contribution in [2.75, 3.05) is 6.54 Å². The van der Waals surface area contributed by atoms with Crippen LogP contribution >= 0.6 is 0 Å². The van der Waals surface area contributed by atoms with Crippen molar-refractivity contribution in [3.8, 4) is 0 Å². The van der Waals surface area contributed by atoms with Crippen LogP contribution in [0.25, 0.3) is 0 Å². The maximum Gasteiger partial charge on any atom is 0.435 e. The van der Waals surface area contributed by atoms with Crippen LogP contribution in [0.2, 0.25) is 0 Å². The van der Waals surface area contributed by atoms with Gasteiger partial charge in [-0.15, -0.1) is 0 Å². The average molecular weight is 392 g/mol. The molecule has 0 amide bonds. The van der Waals surface area contributed by atoms with Gasteiger partial charge in [-0.2, -0.15) is 18.3 Å². The van der Waals surface area contributed by atoms with Crippen LogP contribution in [0, 0.1) is 17.0 Å². The average Bonchev–Trinajstić information content (AvgIpc) is 2.93. The van der Waals surface area contributed by atoms with Crippen molar-refractivity contribution in [1.29, 1.82) is 0 Å². The van der Waals surface area contributed by atoms with Crippen molar-refractivity contribution in [2.45, 2.75) is 31.0 Å². The maximum atomic E-state index is 12.6. The normalized spacial score (nSPS) is 12.3.